The smallest absolute Gasteiger partial charge is 0.444 e. The highest BCUT2D eigenvalue weighted by molar-refractivity contribution is 6.65. The van der Waals surface area contributed by atoms with Crippen molar-refractivity contribution in [2.75, 3.05) is 13.6 Å². The predicted octanol–water partition coefficient (Wildman–Crippen LogP) is 3.90. The number of carbonyl (C=O) groups is 2. The minimum Gasteiger partial charge on any atom is -0.444 e. The van der Waals surface area contributed by atoms with Gasteiger partial charge in [-0.2, -0.15) is 0 Å². The average molecular weight is 467 g/mol. The van der Waals surface area contributed by atoms with Crippen molar-refractivity contribution in [3.63, 3.8) is 0 Å². The summed E-state index contributed by atoms with van der Waals surface area (Å²) in [5.41, 5.74) is 0.267. The molecule has 0 radical (unpaired) electrons. The van der Waals surface area contributed by atoms with E-state index in [1.165, 1.54) is 0 Å². The van der Waals surface area contributed by atoms with Crippen LogP contribution in [0.2, 0.25) is 5.02 Å². The lowest BCUT2D eigenvalue weighted by molar-refractivity contribution is -0.130. The van der Waals surface area contributed by atoms with Gasteiger partial charge in [0, 0.05) is 37.0 Å². The first-order valence-electron chi connectivity index (χ1n) is 11.0. The molecule has 0 spiro atoms. The Labute approximate surface area is 197 Å². The highest BCUT2D eigenvalue weighted by atomic mass is 35.5. The van der Waals surface area contributed by atoms with Crippen molar-refractivity contribution < 1.29 is 23.6 Å². The van der Waals surface area contributed by atoms with E-state index in [1.807, 2.05) is 45.9 Å². The number of hydrogen-bond acceptors (Lipinski definition) is 5. The topological polar surface area (TPSA) is 77.1 Å². The summed E-state index contributed by atoms with van der Waals surface area (Å²) < 4.78 is 17.3. The molecular formula is C23H36BClN2O5. The molecule has 1 saturated heterocycles. The zero-order chi connectivity index (χ0) is 24.3. The number of carbonyl (C=O) groups excluding carboxylic acids is 2. The van der Waals surface area contributed by atoms with E-state index in [4.69, 9.17) is 25.6 Å². The molecule has 1 aromatic rings. The van der Waals surface area contributed by atoms with Crippen LogP contribution in [0, 0.1) is 0 Å². The van der Waals surface area contributed by atoms with Crippen molar-refractivity contribution >= 4 is 36.2 Å². The van der Waals surface area contributed by atoms with Crippen LogP contribution in [0.15, 0.2) is 18.2 Å². The van der Waals surface area contributed by atoms with Gasteiger partial charge < -0.3 is 24.3 Å². The van der Waals surface area contributed by atoms with Gasteiger partial charge in [-0.05, 0) is 66.5 Å². The van der Waals surface area contributed by atoms with E-state index >= 15 is 0 Å². The van der Waals surface area contributed by atoms with Gasteiger partial charge in [0.05, 0.1) is 11.2 Å². The summed E-state index contributed by atoms with van der Waals surface area (Å²) in [6.07, 6.45) is 0.380. The van der Waals surface area contributed by atoms with Crippen LogP contribution in [0.5, 0.6) is 0 Å². The second kappa shape index (κ2) is 10.0. The van der Waals surface area contributed by atoms with Crippen LogP contribution >= 0.6 is 11.6 Å². The van der Waals surface area contributed by atoms with Gasteiger partial charge >= 0.3 is 13.2 Å². The molecule has 0 aliphatic carbocycles. The maximum Gasteiger partial charge on any atom is 0.496 e. The van der Waals surface area contributed by atoms with E-state index < -0.39 is 30.0 Å². The third-order valence-corrected chi connectivity index (χ3v) is 5.98. The van der Waals surface area contributed by atoms with Crippen molar-refractivity contribution in [1.29, 1.82) is 0 Å². The van der Waals surface area contributed by atoms with E-state index in [9.17, 15) is 9.59 Å². The van der Waals surface area contributed by atoms with Gasteiger partial charge in [-0.1, -0.05) is 23.7 Å². The second-order valence-corrected chi connectivity index (χ2v) is 10.6. The first-order chi connectivity index (χ1) is 14.6. The minimum atomic E-state index is -0.542. The van der Waals surface area contributed by atoms with E-state index in [2.05, 4.69) is 5.32 Å². The lowest BCUT2D eigenvalue weighted by atomic mass is 9.78. The van der Waals surface area contributed by atoms with Gasteiger partial charge in [0.25, 0.3) is 0 Å². The predicted molar refractivity (Wildman–Crippen MR) is 127 cm³/mol. The SMILES string of the molecule is CN(Cc1ccc(B2OC(C)(C)C(C)(C)O2)c(Cl)c1)C(=O)CCCNC(=O)OC(C)(C)C. The molecule has 1 aliphatic heterocycles. The van der Waals surface area contributed by atoms with Gasteiger partial charge in [0.2, 0.25) is 5.91 Å². The van der Waals surface area contributed by atoms with Crippen molar-refractivity contribution in [2.24, 2.45) is 0 Å². The fourth-order valence-electron chi connectivity index (χ4n) is 3.13. The van der Waals surface area contributed by atoms with Crippen LogP contribution in [0.3, 0.4) is 0 Å². The van der Waals surface area contributed by atoms with Gasteiger partial charge in [-0.3, -0.25) is 4.79 Å². The zero-order valence-corrected chi connectivity index (χ0v) is 21.3. The second-order valence-electron chi connectivity index (χ2n) is 10.2. The van der Waals surface area contributed by atoms with Gasteiger partial charge in [-0.15, -0.1) is 0 Å². The quantitative estimate of drug-likeness (QED) is 0.487. The van der Waals surface area contributed by atoms with Crippen LogP contribution < -0.4 is 10.8 Å². The molecule has 178 valence electrons. The maximum absolute atomic E-state index is 12.4. The number of rotatable bonds is 7. The Kier molecular flexibility index (Phi) is 8.29. The molecule has 0 unspecified atom stereocenters. The molecule has 0 saturated carbocycles. The number of nitrogens with zero attached hydrogens (tertiary/aromatic N) is 1. The Morgan fingerprint density at radius 1 is 1.16 bits per heavy atom. The number of alkyl carbamates (subject to hydrolysis) is 1. The maximum atomic E-state index is 12.4. The van der Waals surface area contributed by atoms with E-state index in [0.29, 0.717) is 31.0 Å². The lowest BCUT2D eigenvalue weighted by Gasteiger charge is -2.32. The molecule has 32 heavy (non-hydrogen) atoms. The number of halogens is 1. The van der Waals surface area contributed by atoms with Crippen LogP contribution in [0.25, 0.3) is 0 Å². The molecule has 1 aromatic carbocycles. The molecule has 2 rings (SSSR count). The summed E-state index contributed by atoms with van der Waals surface area (Å²) >= 11 is 6.52. The minimum absolute atomic E-state index is 0.0119. The Morgan fingerprint density at radius 3 is 2.28 bits per heavy atom. The van der Waals surface area contributed by atoms with E-state index in [-0.39, 0.29) is 5.91 Å². The normalized spacial score (nSPS) is 17.2. The molecule has 0 aromatic heterocycles. The fourth-order valence-corrected chi connectivity index (χ4v) is 3.42. The molecule has 7 nitrogen and oxygen atoms in total. The molecule has 1 N–H and O–H groups in total. The monoisotopic (exact) mass is 466 g/mol. The van der Waals surface area contributed by atoms with Crippen LogP contribution in [0.1, 0.15) is 66.9 Å². The standard InChI is InChI=1S/C23H36BClN2O5/c1-21(2,3)30-20(29)26-13-9-10-19(28)27(8)15-16-11-12-17(18(25)14-16)24-31-22(4,5)23(6,7)32-24/h11-12,14H,9-10,13,15H2,1-8H3,(H,26,29). The first kappa shape index (κ1) is 26.5. The Morgan fingerprint density at radius 2 is 1.75 bits per heavy atom. The lowest BCUT2D eigenvalue weighted by Crippen LogP contribution is -2.41. The van der Waals surface area contributed by atoms with Crippen molar-refractivity contribution in [3.05, 3.63) is 28.8 Å². The molecule has 1 fully saturated rings. The largest absolute Gasteiger partial charge is 0.496 e. The zero-order valence-electron chi connectivity index (χ0n) is 20.5. The van der Waals surface area contributed by atoms with Crippen LogP contribution in [-0.4, -0.2) is 54.4 Å². The highest BCUT2D eigenvalue weighted by Crippen LogP contribution is 2.37. The Hall–Kier alpha value is -1.77. The Balaban J connectivity index is 1.84. The third kappa shape index (κ3) is 7.12. The number of amides is 2. The molecule has 2 amide bonds. The van der Waals surface area contributed by atoms with Gasteiger partial charge in [0.15, 0.2) is 0 Å². The molecule has 1 aliphatic rings. The summed E-state index contributed by atoms with van der Waals surface area (Å²) in [5, 5.41) is 3.21. The number of benzene rings is 1. The van der Waals surface area contributed by atoms with Gasteiger partial charge in [0.1, 0.15) is 5.60 Å². The van der Waals surface area contributed by atoms with E-state index in [0.717, 1.165) is 11.0 Å². The number of hydrogen-bond donors (Lipinski definition) is 1. The van der Waals surface area contributed by atoms with Crippen LogP contribution in [-0.2, 0) is 25.4 Å². The fraction of sp³-hybridized carbons (Fsp3) is 0.652. The average Bonchev–Trinajstić information content (AvgIpc) is 2.84. The summed E-state index contributed by atoms with van der Waals surface area (Å²) in [7, 11) is 1.22. The highest BCUT2D eigenvalue weighted by Gasteiger charge is 2.52. The molecule has 9 heteroatoms. The molecule has 1 heterocycles. The molecule has 0 bridgehead atoms. The molecular weight excluding hydrogens is 431 g/mol. The van der Waals surface area contributed by atoms with Gasteiger partial charge in [-0.25, -0.2) is 4.79 Å². The Bertz CT molecular complexity index is 822. The summed E-state index contributed by atoms with van der Waals surface area (Å²) in [4.78, 5) is 25.7. The first-order valence-corrected chi connectivity index (χ1v) is 11.3. The molecule has 0 atom stereocenters. The summed E-state index contributed by atoms with van der Waals surface area (Å²) in [6.45, 7) is 14.2. The summed E-state index contributed by atoms with van der Waals surface area (Å²) in [5.74, 6) is -0.0119. The number of ether oxygens (including phenoxy) is 1. The van der Waals surface area contributed by atoms with Crippen molar-refractivity contribution in [1.82, 2.24) is 10.2 Å². The van der Waals surface area contributed by atoms with Crippen molar-refractivity contribution in [3.8, 4) is 0 Å². The summed E-state index contributed by atoms with van der Waals surface area (Å²) in [6, 6.07) is 5.67. The number of nitrogens with one attached hydrogen (secondary N) is 1. The van der Waals surface area contributed by atoms with E-state index in [1.54, 1.807) is 32.7 Å². The van der Waals surface area contributed by atoms with Crippen molar-refractivity contribution in [2.45, 2.75) is 84.7 Å². The van der Waals surface area contributed by atoms with Crippen LogP contribution in [0.4, 0.5) is 4.79 Å². The third-order valence-electron chi connectivity index (χ3n) is 5.65.